The van der Waals surface area contributed by atoms with Gasteiger partial charge in [0.15, 0.2) is 0 Å². The fourth-order valence-electron chi connectivity index (χ4n) is 2.87. The van der Waals surface area contributed by atoms with Gasteiger partial charge in [0.05, 0.1) is 11.2 Å². The second-order valence-corrected chi connectivity index (χ2v) is 7.73. The zero-order chi connectivity index (χ0) is 17.4. The van der Waals surface area contributed by atoms with Crippen LogP contribution in [-0.2, 0) is 9.31 Å². The van der Waals surface area contributed by atoms with E-state index < -0.39 is 0 Å². The lowest BCUT2D eigenvalue weighted by Crippen LogP contribution is -2.41. The highest BCUT2D eigenvalue weighted by atomic mass is 16.7. The van der Waals surface area contributed by atoms with E-state index in [0.717, 1.165) is 36.3 Å². The fraction of sp³-hybridized carbons (Fsp3) is 0.579. The molecule has 0 spiro atoms. The van der Waals surface area contributed by atoms with Crippen molar-refractivity contribution in [2.75, 3.05) is 26.7 Å². The molecule has 1 aromatic rings. The molecule has 0 aliphatic carbocycles. The van der Waals surface area contributed by atoms with Gasteiger partial charge >= 0.3 is 7.12 Å². The van der Waals surface area contributed by atoms with Gasteiger partial charge in [0.25, 0.3) is 0 Å². The molecule has 130 valence electrons. The van der Waals surface area contributed by atoms with Gasteiger partial charge in [0, 0.05) is 18.7 Å². The number of fused-ring (bicyclic) bond motifs is 1. The van der Waals surface area contributed by atoms with E-state index in [-0.39, 0.29) is 18.3 Å². The molecule has 4 nitrogen and oxygen atoms in total. The lowest BCUT2D eigenvalue weighted by Gasteiger charge is -2.32. The van der Waals surface area contributed by atoms with Crippen molar-refractivity contribution in [2.24, 2.45) is 0 Å². The molecule has 0 unspecified atom stereocenters. The van der Waals surface area contributed by atoms with Crippen molar-refractivity contribution in [3.05, 3.63) is 29.8 Å². The molecule has 1 saturated heterocycles. The maximum atomic E-state index is 6.15. The summed E-state index contributed by atoms with van der Waals surface area (Å²) < 4.78 is 18.3. The van der Waals surface area contributed by atoms with E-state index in [0.29, 0.717) is 6.61 Å². The van der Waals surface area contributed by atoms with E-state index in [9.17, 15) is 0 Å². The summed E-state index contributed by atoms with van der Waals surface area (Å²) in [5.74, 6) is 0.897. The molecule has 0 N–H and O–H groups in total. The van der Waals surface area contributed by atoms with Gasteiger partial charge in [0.2, 0.25) is 0 Å². The second-order valence-electron chi connectivity index (χ2n) is 7.73. The summed E-state index contributed by atoms with van der Waals surface area (Å²) in [5.41, 5.74) is 1.45. The van der Waals surface area contributed by atoms with Crippen molar-refractivity contribution in [1.82, 2.24) is 4.90 Å². The van der Waals surface area contributed by atoms with Crippen LogP contribution in [0.15, 0.2) is 24.3 Å². The average Bonchev–Trinajstić information content (AvgIpc) is 2.73. The van der Waals surface area contributed by atoms with Gasteiger partial charge in [-0.25, -0.2) is 0 Å². The predicted molar refractivity (Wildman–Crippen MR) is 98.8 cm³/mol. The number of hydrogen-bond donors (Lipinski definition) is 0. The van der Waals surface area contributed by atoms with E-state index in [4.69, 9.17) is 14.0 Å². The molecule has 5 heteroatoms. The van der Waals surface area contributed by atoms with Crippen LogP contribution in [0.2, 0.25) is 0 Å². The van der Waals surface area contributed by atoms with Gasteiger partial charge in [-0.2, -0.15) is 0 Å². The number of benzene rings is 1. The monoisotopic (exact) mass is 329 g/mol. The molecular weight excluding hydrogens is 301 g/mol. The third-order valence-electron chi connectivity index (χ3n) is 5.27. The Morgan fingerprint density at radius 1 is 1.04 bits per heavy atom. The predicted octanol–water partition coefficient (Wildman–Crippen LogP) is 2.71. The molecule has 0 atom stereocenters. The van der Waals surface area contributed by atoms with Crippen LogP contribution in [-0.4, -0.2) is 50.0 Å². The largest absolute Gasteiger partial charge is 0.494 e. The SMILES string of the molecule is CN1CC/C=C\c2ccc(B3OC(C)(C)C(C)(C)O3)cc2OCC1. The smallest absolute Gasteiger partial charge is 0.492 e. The molecule has 0 radical (unpaired) electrons. The summed E-state index contributed by atoms with van der Waals surface area (Å²) in [5, 5.41) is 0. The van der Waals surface area contributed by atoms with Crippen molar-refractivity contribution in [3.8, 4) is 5.75 Å². The lowest BCUT2D eigenvalue weighted by atomic mass is 9.78. The molecule has 0 aromatic heterocycles. The minimum atomic E-state index is -0.356. The molecule has 0 amide bonds. The van der Waals surface area contributed by atoms with Crippen LogP contribution >= 0.6 is 0 Å². The highest BCUT2D eigenvalue weighted by Gasteiger charge is 2.51. The summed E-state index contributed by atoms with van der Waals surface area (Å²) in [4.78, 5) is 2.29. The molecule has 3 rings (SSSR count). The first-order valence-corrected chi connectivity index (χ1v) is 8.76. The number of rotatable bonds is 1. The summed E-state index contributed by atoms with van der Waals surface area (Å²) in [6.45, 7) is 11.0. The quantitative estimate of drug-likeness (QED) is 0.742. The first-order valence-electron chi connectivity index (χ1n) is 8.76. The lowest BCUT2D eigenvalue weighted by molar-refractivity contribution is 0.00578. The van der Waals surface area contributed by atoms with Crippen molar-refractivity contribution >= 4 is 18.7 Å². The zero-order valence-corrected chi connectivity index (χ0v) is 15.5. The maximum absolute atomic E-state index is 6.15. The molecule has 2 aliphatic rings. The molecule has 2 heterocycles. The van der Waals surface area contributed by atoms with E-state index in [1.165, 1.54) is 0 Å². The van der Waals surface area contributed by atoms with Crippen molar-refractivity contribution in [3.63, 3.8) is 0 Å². The summed E-state index contributed by atoms with van der Waals surface area (Å²) in [6, 6.07) is 6.23. The molecule has 1 fully saturated rings. The van der Waals surface area contributed by atoms with E-state index >= 15 is 0 Å². The topological polar surface area (TPSA) is 30.9 Å². The molecule has 1 aromatic carbocycles. The minimum Gasteiger partial charge on any atom is -0.492 e. The van der Waals surface area contributed by atoms with Gasteiger partial charge in [0.1, 0.15) is 12.4 Å². The van der Waals surface area contributed by atoms with Gasteiger partial charge in [-0.1, -0.05) is 24.3 Å². The Labute approximate surface area is 145 Å². The van der Waals surface area contributed by atoms with Crippen LogP contribution in [0.25, 0.3) is 6.08 Å². The minimum absolute atomic E-state index is 0.333. The molecule has 0 saturated carbocycles. The van der Waals surface area contributed by atoms with Crippen molar-refractivity contribution in [1.29, 1.82) is 0 Å². The summed E-state index contributed by atoms with van der Waals surface area (Å²) in [7, 11) is 1.77. The van der Waals surface area contributed by atoms with Gasteiger partial charge in [-0.05, 0) is 52.7 Å². The van der Waals surface area contributed by atoms with Crippen LogP contribution in [0.3, 0.4) is 0 Å². The van der Waals surface area contributed by atoms with Gasteiger partial charge in [-0.15, -0.1) is 0 Å². The van der Waals surface area contributed by atoms with Gasteiger partial charge in [-0.3, -0.25) is 0 Å². The van der Waals surface area contributed by atoms with Crippen molar-refractivity contribution < 1.29 is 14.0 Å². The third kappa shape index (κ3) is 3.53. The summed E-state index contributed by atoms with van der Waals surface area (Å²) in [6.07, 6.45) is 5.40. The first-order chi connectivity index (χ1) is 11.3. The average molecular weight is 329 g/mol. The molecule has 2 aliphatic heterocycles. The number of nitrogens with zero attached hydrogens (tertiary/aromatic N) is 1. The first kappa shape index (κ1) is 17.5. The molecule has 0 bridgehead atoms. The summed E-state index contributed by atoms with van der Waals surface area (Å²) >= 11 is 0. The number of hydrogen-bond acceptors (Lipinski definition) is 4. The van der Waals surface area contributed by atoms with Crippen LogP contribution < -0.4 is 10.2 Å². The van der Waals surface area contributed by atoms with E-state index in [2.05, 4.69) is 70.0 Å². The number of ether oxygens (including phenoxy) is 1. The van der Waals surface area contributed by atoms with Crippen LogP contribution in [0.5, 0.6) is 5.75 Å². The Morgan fingerprint density at radius 3 is 2.46 bits per heavy atom. The Balaban J connectivity index is 1.85. The fourth-order valence-corrected chi connectivity index (χ4v) is 2.87. The Bertz CT molecular complexity index is 611. The third-order valence-corrected chi connectivity index (χ3v) is 5.27. The highest BCUT2D eigenvalue weighted by molar-refractivity contribution is 6.62. The van der Waals surface area contributed by atoms with Crippen molar-refractivity contribution in [2.45, 2.75) is 45.3 Å². The second kappa shape index (κ2) is 6.55. The van der Waals surface area contributed by atoms with E-state index in [1.54, 1.807) is 0 Å². The Morgan fingerprint density at radius 2 is 1.75 bits per heavy atom. The Hall–Kier alpha value is -1.30. The molecular formula is C19H28BNO3. The maximum Gasteiger partial charge on any atom is 0.494 e. The van der Waals surface area contributed by atoms with Gasteiger partial charge < -0.3 is 18.9 Å². The number of likely N-dealkylation sites (N-methyl/N-ethyl adjacent to an activating group) is 1. The van der Waals surface area contributed by atoms with Crippen LogP contribution in [0, 0.1) is 0 Å². The standard InChI is InChI=1S/C19H28BNO3/c1-18(2)19(3,4)24-20(23-18)16-10-9-15-8-6-7-11-21(5)12-13-22-17(15)14-16/h6,8-10,14H,7,11-13H2,1-5H3/b8-6-. The van der Waals surface area contributed by atoms with E-state index in [1.807, 2.05) is 0 Å². The normalized spacial score (nSPS) is 25.0. The Kier molecular flexibility index (Phi) is 4.78. The molecule has 24 heavy (non-hydrogen) atoms. The van der Waals surface area contributed by atoms with Crippen LogP contribution in [0.4, 0.5) is 0 Å². The highest BCUT2D eigenvalue weighted by Crippen LogP contribution is 2.36. The van der Waals surface area contributed by atoms with Crippen LogP contribution in [0.1, 0.15) is 39.7 Å². The zero-order valence-electron chi connectivity index (χ0n) is 15.5.